The number of nitrogens with zero attached hydrogens (tertiary/aromatic N) is 1. The van der Waals surface area contributed by atoms with E-state index in [1.807, 2.05) is 6.07 Å². The molecule has 0 aliphatic heterocycles. The van der Waals surface area contributed by atoms with Gasteiger partial charge < -0.3 is 11.1 Å². The number of carbonyl (C=O) groups is 1. The highest BCUT2D eigenvalue weighted by atomic mass is 79.9. The maximum Gasteiger partial charge on any atom is 0.255 e. The van der Waals surface area contributed by atoms with E-state index < -0.39 is 11.7 Å². The first-order valence-electron chi connectivity index (χ1n) is 5.99. The van der Waals surface area contributed by atoms with E-state index in [2.05, 4.69) is 21.2 Å². The van der Waals surface area contributed by atoms with Crippen LogP contribution in [0.3, 0.4) is 0 Å². The van der Waals surface area contributed by atoms with Crippen LogP contribution in [-0.2, 0) is 0 Å². The molecule has 0 spiro atoms. The molecule has 0 radical (unpaired) electrons. The number of carbonyl (C=O) groups excluding carboxylic acids is 1. The molecule has 0 heterocycles. The molecule has 2 aromatic rings. The number of nitrogen functional groups attached to an aromatic ring is 1. The third kappa shape index (κ3) is 3.20. The van der Waals surface area contributed by atoms with Crippen LogP contribution in [0.4, 0.5) is 15.8 Å². The van der Waals surface area contributed by atoms with Crippen LogP contribution in [0.2, 0.25) is 0 Å². The van der Waals surface area contributed by atoms with Crippen LogP contribution in [0.5, 0.6) is 0 Å². The number of nitrogens with one attached hydrogen (secondary N) is 1. The number of hydrogen-bond acceptors (Lipinski definition) is 3. The molecule has 0 atom stereocenters. The van der Waals surface area contributed by atoms with Gasteiger partial charge in [0.1, 0.15) is 5.82 Å². The lowest BCUT2D eigenvalue weighted by Crippen LogP contribution is -2.13. The Hall–Kier alpha value is -2.39. The smallest absolute Gasteiger partial charge is 0.255 e. The number of rotatable bonds is 2. The third-order valence-electron chi connectivity index (χ3n) is 2.98. The fourth-order valence-corrected chi connectivity index (χ4v) is 2.11. The Labute approximate surface area is 129 Å². The molecular weight excluding hydrogens is 337 g/mol. The first-order valence-corrected chi connectivity index (χ1v) is 6.78. The van der Waals surface area contributed by atoms with E-state index in [0.717, 1.165) is 6.07 Å². The molecule has 0 bridgehead atoms. The molecular formula is C15H11BrFN3O. The lowest BCUT2D eigenvalue weighted by molar-refractivity contribution is 0.102. The van der Waals surface area contributed by atoms with Crippen LogP contribution in [0.25, 0.3) is 0 Å². The minimum atomic E-state index is -0.539. The van der Waals surface area contributed by atoms with Gasteiger partial charge in [-0.2, -0.15) is 5.26 Å². The summed E-state index contributed by atoms with van der Waals surface area (Å²) in [5.74, 6) is -0.948. The molecule has 0 saturated carbocycles. The van der Waals surface area contributed by atoms with E-state index in [-0.39, 0.29) is 16.8 Å². The Morgan fingerprint density at radius 3 is 2.71 bits per heavy atom. The molecule has 106 valence electrons. The number of nitriles is 1. The summed E-state index contributed by atoms with van der Waals surface area (Å²) in [6, 6.07) is 9.15. The number of benzene rings is 2. The standard InChI is InChI=1S/C15H11BrFN3O/c1-8-12(17)4-9(7-18)5-14(8)20-15(21)10-2-3-13(19)11(16)6-10/h2-6H,19H2,1H3,(H,20,21). The molecule has 0 fully saturated rings. The molecule has 4 nitrogen and oxygen atoms in total. The monoisotopic (exact) mass is 347 g/mol. The second-order valence-corrected chi connectivity index (χ2v) is 5.29. The Morgan fingerprint density at radius 2 is 2.10 bits per heavy atom. The van der Waals surface area contributed by atoms with E-state index in [1.54, 1.807) is 18.2 Å². The Bertz CT molecular complexity index is 768. The van der Waals surface area contributed by atoms with Crippen LogP contribution in [-0.4, -0.2) is 5.91 Å². The minimum Gasteiger partial charge on any atom is -0.398 e. The fraction of sp³-hybridized carbons (Fsp3) is 0.0667. The maximum atomic E-state index is 13.7. The molecule has 21 heavy (non-hydrogen) atoms. The van der Waals surface area contributed by atoms with Crippen molar-refractivity contribution >= 4 is 33.2 Å². The van der Waals surface area contributed by atoms with Gasteiger partial charge in [-0.15, -0.1) is 0 Å². The van der Waals surface area contributed by atoms with Crippen molar-refractivity contribution in [3.63, 3.8) is 0 Å². The number of hydrogen-bond donors (Lipinski definition) is 2. The summed E-state index contributed by atoms with van der Waals surface area (Å²) in [5, 5.41) is 11.4. The average Bonchev–Trinajstić information content (AvgIpc) is 2.46. The molecule has 2 aromatic carbocycles. The summed E-state index contributed by atoms with van der Waals surface area (Å²) >= 11 is 3.24. The van der Waals surface area contributed by atoms with Crippen molar-refractivity contribution in [3.8, 4) is 6.07 Å². The zero-order chi connectivity index (χ0) is 15.6. The molecule has 0 unspecified atom stereocenters. The summed E-state index contributed by atoms with van der Waals surface area (Å²) in [4.78, 5) is 12.2. The Balaban J connectivity index is 2.33. The summed E-state index contributed by atoms with van der Waals surface area (Å²) < 4.78 is 14.3. The topological polar surface area (TPSA) is 78.9 Å². The largest absolute Gasteiger partial charge is 0.398 e. The lowest BCUT2D eigenvalue weighted by atomic mass is 10.1. The lowest BCUT2D eigenvalue weighted by Gasteiger charge is -2.10. The molecule has 3 N–H and O–H groups in total. The first-order chi connectivity index (χ1) is 9.92. The summed E-state index contributed by atoms with van der Waals surface area (Å²) in [5.41, 5.74) is 7.23. The molecule has 1 amide bonds. The van der Waals surface area contributed by atoms with Gasteiger partial charge in [-0.3, -0.25) is 4.79 Å². The average molecular weight is 348 g/mol. The SMILES string of the molecule is Cc1c(F)cc(C#N)cc1NC(=O)c1ccc(N)c(Br)c1. The van der Waals surface area contributed by atoms with E-state index >= 15 is 0 Å². The summed E-state index contributed by atoms with van der Waals surface area (Å²) in [7, 11) is 0. The zero-order valence-electron chi connectivity index (χ0n) is 11.1. The summed E-state index contributed by atoms with van der Waals surface area (Å²) in [6.45, 7) is 1.53. The van der Waals surface area contributed by atoms with Crippen molar-refractivity contribution in [3.05, 3.63) is 57.3 Å². The van der Waals surface area contributed by atoms with Gasteiger partial charge in [-0.1, -0.05) is 0 Å². The summed E-state index contributed by atoms with van der Waals surface area (Å²) in [6.07, 6.45) is 0. The molecule has 0 aliphatic rings. The normalized spacial score (nSPS) is 10.0. The van der Waals surface area contributed by atoms with Crippen molar-refractivity contribution in [2.24, 2.45) is 0 Å². The molecule has 0 aliphatic carbocycles. The second kappa shape index (κ2) is 5.94. The van der Waals surface area contributed by atoms with Crippen LogP contribution in [0.15, 0.2) is 34.8 Å². The van der Waals surface area contributed by atoms with Gasteiger partial charge in [0, 0.05) is 27.0 Å². The highest BCUT2D eigenvalue weighted by Gasteiger charge is 2.12. The molecule has 0 aromatic heterocycles. The predicted octanol–water partition coefficient (Wildman–Crippen LogP) is 3.60. The maximum absolute atomic E-state index is 13.7. The second-order valence-electron chi connectivity index (χ2n) is 4.43. The van der Waals surface area contributed by atoms with Crippen molar-refractivity contribution in [2.45, 2.75) is 6.92 Å². The fourth-order valence-electron chi connectivity index (χ4n) is 1.74. The Kier molecular flexibility index (Phi) is 4.24. The van der Waals surface area contributed by atoms with Crippen molar-refractivity contribution < 1.29 is 9.18 Å². The van der Waals surface area contributed by atoms with E-state index in [9.17, 15) is 9.18 Å². The number of anilines is 2. The zero-order valence-corrected chi connectivity index (χ0v) is 12.7. The van der Waals surface area contributed by atoms with Gasteiger partial charge in [-0.25, -0.2) is 4.39 Å². The molecule has 0 saturated heterocycles. The first kappa shape index (κ1) is 15.0. The predicted molar refractivity (Wildman–Crippen MR) is 82.4 cm³/mol. The highest BCUT2D eigenvalue weighted by Crippen LogP contribution is 2.23. The van der Waals surface area contributed by atoms with Crippen molar-refractivity contribution in [1.82, 2.24) is 0 Å². The van der Waals surface area contributed by atoms with Gasteiger partial charge in [0.25, 0.3) is 5.91 Å². The van der Waals surface area contributed by atoms with Gasteiger partial charge in [0.2, 0.25) is 0 Å². The molecule has 6 heteroatoms. The number of amides is 1. The van der Waals surface area contributed by atoms with Gasteiger partial charge >= 0.3 is 0 Å². The quantitative estimate of drug-likeness (QED) is 0.814. The highest BCUT2D eigenvalue weighted by molar-refractivity contribution is 9.10. The van der Waals surface area contributed by atoms with Gasteiger partial charge in [0.15, 0.2) is 0 Å². The number of nitrogens with two attached hydrogens (primary N) is 1. The number of halogens is 2. The van der Waals surface area contributed by atoms with E-state index in [1.165, 1.54) is 13.0 Å². The van der Waals surface area contributed by atoms with Gasteiger partial charge in [-0.05, 0) is 53.2 Å². The Morgan fingerprint density at radius 1 is 1.38 bits per heavy atom. The van der Waals surface area contributed by atoms with Gasteiger partial charge in [0.05, 0.1) is 11.6 Å². The van der Waals surface area contributed by atoms with Crippen LogP contribution >= 0.6 is 15.9 Å². The van der Waals surface area contributed by atoms with Crippen LogP contribution in [0, 0.1) is 24.1 Å². The van der Waals surface area contributed by atoms with Crippen molar-refractivity contribution in [2.75, 3.05) is 11.1 Å². The van der Waals surface area contributed by atoms with Crippen LogP contribution in [0.1, 0.15) is 21.5 Å². The van der Waals surface area contributed by atoms with E-state index in [0.29, 0.717) is 15.7 Å². The third-order valence-corrected chi connectivity index (χ3v) is 3.67. The molecule has 2 rings (SSSR count). The van der Waals surface area contributed by atoms with Crippen LogP contribution < -0.4 is 11.1 Å². The minimum absolute atomic E-state index is 0.145. The van der Waals surface area contributed by atoms with E-state index in [4.69, 9.17) is 11.0 Å². The van der Waals surface area contributed by atoms with Crippen molar-refractivity contribution in [1.29, 1.82) is 5.26 Å².